The van der Waals surface area contributed by atoms with E-state index in [1.807, 2.05) is 0 Å². The highest BCUT2D eigenvalue weighted by Gasteiger charge is 2.10. The van der Waals surface area contributed by atoms with Gasteiger partial charge in [-0.1, -0.05) is 12.1 Å². The topological polar surface area (TPSA) is 95.1 Å². The monoisotopic (exact) mass is 273 g/mol. The number of aromatic amines is 1. The molecule has 0 aliphatic heterocycles. The molecule has 0 radical (unpaired) electrons. The number of anilines is 1. The molecule has 0 aliphatic rings. The molecule has 0 bridgehead atoms. The summed E-state index contributed by atoms with van der Waals surface area (Å²) in [5.74, 6) is -1.05. The molecule has 0 fully saturated rings. The van der Waals surface area contributed by atoms with Crippen LogP contribution in [0.15, 0.2) is 30.5 Å². The van der Waals surface area contributed by atoms with Crippen LogP contribution in [0.3, 0.4) is 0 Å². The van der Waals surface area contributed by atoms with Crippen LogP contribution in [0.1, 0.15) is 28.0 Å². The maximum Gasteiger partial charge on any atom is 0.303 e. The highest BCUT2D eigenvalue weighted by Crippen LogP contribution is 2.13. The van der Waals surface area contributed by atoms with Gasteiger partial charge in [0.25, 0.3) is 5.91 Å². The number of carbonyl (C=O) groups is 2. The van der Waals surface area contributed by atoms with E-state index in [2.05, 4.69) is 15.5 Å². The lowest BCUT2D eigenvalue weighted by Gasteiger charge is -2.05. The number of aryl methyl sites for hydroxylation is 2. The van der Waals surface area contributed by atoms with Gasteiger partial charge in [-0.15, -0.1) is 0 Å². The number of nitrogens with one attached hydrogen (secondary N) is 2. The zero-order valence-electron chi connectivity index (χ0n) is 11.0. The number of aromatic nitrogens is 2. The molecule has 0 unspecified atom stereocenters. The number of amides is 1. The first-order valence-electron chi connectivity index (χ1n) is 6.18. The number of hydrogen-bond donors (Lipinski definition) is 3. The minimum Gasteiger partial charge on any atom is -0.481 e. The van der Waals surface area contributed by atoms with Gasteiger partial charge >= 0.3 is 5.97 Å². The highest BCUT2D eigenvalue weighted by molar-refractivity contribution is 6.04. The Balaban J connectivity index is 1.99. The third kappa shape index (κ3) is 3.44. The lowest BCUT2D eigenvalue weighted by Crippen LogP contribution is -2.12. The maximum absolute atomic E-state index is 11.9. The van der Waals surface area contributed by atoms with Crippen molar-refractivity contribution in [1.82, 2.24) is 10.2 Å². The number of nitrogens with zero attached hydrogens (tertiary/aromatic N) is 1. The summed E-state index contributed by atoms with van der Waals surface area (Å²) in [5.41, 5.74) is 2.79. The predicted molar refractivity (Wildman–Crippen MR) is 73.7 cm³/mol. The summed E-state index contributed by atoms with van der Waals surface area (Å²) in [6.45, 7) is 1.77. The van der Waals surface area contributed by atoms with Crippen molar-refractivity contribution in [3.63, 3.8) is 0 Å². The van der Waals surface area contributed by atoms with Crippen LogP contribution in [0.5, 0.6) is 0 Å². The third-order valence-corrected chi connectivity index (χ3v) is 2.91. The van der Waals surface area contributed by atoms with Crippen molar-refractivity contribution in [2.75, 3.05) is 5.32 Å². The number of aliphatic carboxylic acids is 1. The third-order valence-electron chi connectivity index (χ3n) is 2.91. The van der Waals surface area contributed by atoms with Gasteiger partial charge in [-0.3, -0.25) is 14.7 Å². The van der Waals surface area contributed by atoms with E-state index in [1.165, 1.54) is 6.20 Å². The molecule has 1 aromatic heterocycles. The lowest BCUT2D eigenvalue weighted by atomic mass is 10.1. The zero-order valence-corrected chi connectivity index (χ0v) is 11.0. The first-order valence-corrected chi connectivity index (χ1v) is 6.18. The molecule has 0 saturated carbocycles. The fraction of sp³-hybridized carbons (Fsp3) is 0.214. The molecule has 2 rings (SSSR count). The smallest absolute Gasteiger partial charge is 0.303 e. The quantitative estimate of drug-likeness (QED) is 0.776. The second-order valence-electron chi connectivity index (χ2n) is 4.45. The molecule has 104 valence electrons. The van der Waals surface area contributed by atoms with Crippen molar-refractivity contribution in [2.45, 2.75) is 19.8 Å². The Morgan fingerprint density at radius 2 is 2.00 bits per heavy atom. The molecule has 6 nitrogen and oxygen atoms in total. The standard InChI is InChI=1S/C14H15N3O3/c1-9-12(8-15-17-9)14(20)16-11-5-2-10(3-6-11)4-7-13(18)19/h2-3,5-6,8H,4,7H2,1H3,(H,15,17)(H,16,20)(H,18,19). The Morgan fingerprint density at radius 3 is 2.55 bits per heavy atom. The number of carboxylic acid groups (broad SMARTS) is 1. The van der Waals surface area contributed by atoms with Gasteiger partial charge in [-0.05, 0) is 31.0 Å². The number of carboxylic acids is 1. The van der Waals surface area contributed by atoms with Crippen LogP contribution in [0.4, 0.5) is 5.69 Å². The number of rotatable bonds is 5. The van der Waals surface area contributed by atoms with Crippen LogP contribution < -0.4 is 5.32 Å². The fourth-order valence-electron chi connectivity index (χ4n) is 1.78. The average Bonchev–Trinajstić information content (AvgIpc) is 2.84. The highest BCUT2D eigenvalue weighted by atomic mass is 16.4. The minimum atomic E-state index is -0.821. The largest absolute Gasteiger partial charge is 0.481 e. The van der Waals surface area contributed by atoms with Crippen LogP contribution in [0.2, 0.25) is 0 Å². The number of H-pyrrole nitrogens is 1. The molecule has 0 aliphatic carbocycles. The molecule has 1 amide bonds. The van der Waals surface area contributed by atoms with Crippen molar-refractivity contribution in [3.8, 4) is 0 Å². The Bertz CT molecular complexity index is 617. The van der Waals surface area contributed by atoms with Gasteiger partial charge in [0.2, 0.25) is 0 Å². The predicted octanol–water partition coefficient (Wildman–Crippen LogP) is 1.99. The number of carbonyl (C=O) groups excluding carboxylic acids is 1. The summed E-state index contributed by atoms with van der Waals surface area (Å²) in [7, 11) is 0. The van der Waals surface area contributed by atoms with E-state index in [1.54, 1.807) is 31.2 Å². The minimum absolute atomic E-state index is 0.0971. The van der Waals surface area contributed by atoms with E-state index in [-0.39, 0.29) is 12.3 Å². The molecule has 20 heavy (non-hydrogen) atoms. The SMILES string of the molecule is Cc1[nH]ncc1C(=O)Nc1ccc(CCC(=O)O)cc1. The van der Waals surface area contributed by atoms with E-state index in [9.17, 15) is 9.59 Å². The molecule has 3 N–H and O–H groups in total. The number of hydrogen-bond acceptors (Lipinski definition) is 3. The zero-order chi connectivity index (χ0) is 14.5. The summed E-state index contributed by atoms with van der Waals surface area (Å²) in [6.07, 6.45) is 2.05. The van der Waals surface area contributed by atoms with E-state index in [4.69, 9.17) is 5.11 Å². The van der Waals surface area contributed by atoms with E-state index >= 15 is 0 Å². The Labute approximate surface area is 115 Å². The van der Waals surface area contributed by atoms with E-state index in [0.717, 1.165) is 5.56 Å². The molecule has 6 heteroatoms. The Kier molecular flexibility index (Phi) is 4.14. The van der Waals surface area contributed by atoms with Gasteiger partial charge in [0.15, 0.2) is 0 Å². The maximum atomic E-state index is 11.9. The molecular weight excluding hydrogens is 258 g/mol. The molecule has 0 atom stereocenters. The second kappa shape index (κ2) is 6.01. The molecule has 0 spiro atoms. The molecule has 1 aromatic carbocycles. The van der Waals surface area contributed by atoms with Crippen LogP contribution in [0.25, 0.3) is 0 Å². The summed E-state index contributed by atoms with van der Waals surface area (Å²) >= 11 is 0. The number of benzene rings is 1. The Hall–Kier alpha value is -2.63. The van der Waals surface area contributed by atoms with Crippen molar-refractivity contribution in [2.24, 2.45) is 0 Å². The molecular formula is C14H15N3O3. The van der Waals surface area contributed by atoms with E-state index in [0.29, 0.717) is 23.4 Å². The average molecular weight is 273 g/mol. The summed E-state index contributed by atoms with van der Waals surface area (Å²) in [4.78, 5) is 22.4. The van der Waals surface area contributed by atoms with Gasteiger partial charge in [0.05, 0.1) is 11.8 Å². The Morgan fingerprint density at radius 1 is 1.30 bits per heavy atom. The first-order chi connectivity index (χ1) is 9.56. The van der Waals surface area contributed by atoms with Crippen molar-refractivity contribution < 1.29 is 14.7 Å². The molecule has 1 heterocycles. The van der Waals surface area contributed by atoms with Crippen molar-refractivity contribution >= 4 is 17.6 Å². The molecule has 2 aromatic rings. The van der Waals surface area contributed by atoms with Gasteiger partial charge in [0.1, 0.15) is 0 Å². The fourth-order valence-corrected chi connectivity index (χ4v) is 1.78. The second-order valence-corrected chi connectivity index (χ2v) is 4.45. The normalized spacial score (nSPS) is 10.2. The van der Waals surface area contributed by atoms with E-state index < -0.39 is 5.97 Å². The van der Waals surface area contributed by atoms with Gasteiger partial charge in [0, 0.05) is 17.8 Å². The van der Waals surface area contributed by atoms with Crippen LogP contribution >= 0.6 is 0 Å². The summed E-state index contributed by atoms with van der Waals surface area (Å²) < 4.78 is 0. The van der Waals surface area contributed by atoms with Crippen molar-refractivity contribution in [1.29, 1.82) is 0 Å². The molecule has 0 saturated heterocycles. The van der Waals surface area contributed by atoms with Crippen LogP contribution in [0, 0.1) is 6.92 Å². The van der Waals surface area contributed by atoms with Crippen LogP contribution in [-0.4, -0.2) is 27.2 Å². The van der Waals surface area contributed by atoms with Gasteiger partial charge in [-0.2, -0.15) is 5.10 Å². The van der Waals surface area contributed by atoms with Crippen LogP contribution in [-0.2, 0) is 11.2 Å². The van der Waals surface area contributed by atoms with Crippen molar-refractivity contribution in [3.05, 3.63) is 47.3 Å². The van der Waals surface area contributed by atoms with Gasteiger partial charge in [-0.25, -0.2) is 0 Å². The summed E-state index contributed by atoms with van der Waals surface area (Å²) in [6, 6.07) is 7.12. The lowest BCUT2D eigenvalue weighted by molar-refractivity contribution is -0.136. The summed E-state index contributed by atoms with van der Waals surface area (Å²) in [5, 5.41) is 17.9. The first kappa shape index (κ1) is 13.8. The van der Waals surface area contributed by atoms with Gasteiger partial charge < -0.3 is 10.4 Å².